The van der Waals surface area contributed by atoms with Gasteiger partial charge in [0.25, 0.3) is 0 Å². The van der Waals surface area contributed by atoms with Crippen LogP contribution in [0.15, 0.2) is 91.6 Å². The average molecular weight is 665 g/mol. The highest BCUT2D eigenvalue weighted by molar-refractivity contribution is 5.92. The number of nitrogens with zero attached hydrogens (tertiary/aromatic N) is 6. The van der Waals surface area contributed by atoms with Crippen LogP contribution in [0.1, 0.15) is 30.0 Å². The number of fused-ring (bicyclic) bond motifs is 2. The molecule has 3 aromatic carbocycles. The first-order valence-corrected chi connectivity index (χ1v) is 16.4. The fraction of sp³-hybridized carbons (Fsp3) is 0.324. The molecule has 1 aromatic heterocycles. The number of aromatic nitrogens is 2. The molecule has 1 N–H and O–H groups in total. The van der Waals surface area contributed by atoms with E-state index in [0.717, 1.165) is 27.6 Å². The Kier molecular flexibility index (Phi) is 10.0. The van der Waals surface area contributed by atoms with Crippen molar-refractivity contribution in [2.75, 3.05) is 26.2 Å². The van der Waals surface area contributed by atoms with Crippen molar-refractivity contribution in [1.29, 1.82) is 0 Å². The third-order valence-corrected chi connectivity index (χ3v) is 8.98. The van der Waals surface area contributed by atoms with Gasteiger partial charge in [-0.05, 0) is 35.2 Å². The largest absolute Gasteiger partial charge is 0.508 e. The molecule has 0 saturated carbocycles. The highest BCUT2D eigenvalue weighted by atomic mass is 16.5. The Morgan fingerprint density at radius 1 is 1.02 bits per heavy atom. The molecule has 2 saturated heterocycles. The minimum atomic E-state index is -0.890. The lowest BCUT2D eigenvalue weighted by molar-refractivity contribution is -0.205. The van der Waals surface area contributed by atoms with Crippen LogP contribution >= 0.6 is 0 Å². The molecule has 3 amide bonds. The van der Waals surface area contributed by atoms with E-state index in [-0.39, 0.29) is 75.1 Å². The maximum atomic E-state index is 14.5. The van der Waals surface area contributed by atoms with E-state index in [1.807, 2.05) is 48.5 Å². The van der Waals surface area contributed by atoms with Gasteiger partial charge in [-0.1, -0.05) is 66.7 Å². The molecule has 0 spiro atoms. The van der Waals surface area contributed by atoms with Crippen LogP contribution in [0.4, 0.5) is 0 Å². The number of para-hydroxylation sites is 1. The zero-order valence-corrected chi connectivity index (χ0v) is 27.5. The van der Waals surface area contributed by atoms with Gasteiger partial charge in [0, 0.05) is 38.2 Å². The average Bonchev–Trinajstić information content (AvgIpc) is 3.51. The van der Waals surface area contributed by atoms with Crippen molar-refractivity contribution < 1.29 is 29.0 Å². The number of ether oxygens (including phenoxy) is 1. The number of benzene rings is 3. The minimum Gasteiger partial charge on any atom is -0.508 e. The van der Waals surface area contributed by atoms with Crippen LogP contribution in [0, 0.1) is 0 Å². The van der Waals surface area contributed by atoms with Crippen LogP contribution in [0.5, 0.6) is 5.75 Å². The minimum absolute atomic E-state index is 0.0697. The van der Waals surface area contributed by atoms with E-state index in [2.05, 4.69) is 11.7 Å². The summed E-state index contributed by atoms with van der Waals surface area (Å²) in [6.07, 6.45) is 3.59. The molecule has 6 rings (SSSR count). The Morgan fingerprint density at radius 2 is 1.80 bits per heavy atom. The van der Waals surface area contributed by atoms with Gasteiger partial charge in [-0.3, -0.25) is 23.9 Å². The van der Waals surface area contributed by atoms with Gasteiger partial charge in [-0.25, -0.2) is 10.0 Å². The van der Waals surface area contributed by atoms with Gasteiger partial charge >= 0.3 is 5.97 Å². The Bertz CT molecular complexity index is 1840. The molecule has 12 nitrogen and oxygen atoms in total. The van der Waals surface area contributed by atoms with E-state index in [4.69, 9.17) is 4.74 Å². The Labute approximate surface area is 284 Å². The second-order valence-electron chi connectivity index (χ2n) is 12.3. The maximum Gasteiger partial charge on any atom is 0.302 e. The summed E-state index contributed by atoms with van der Waals surface area (Å²) in [5.41, 5.74) is 3.43. The summed E-state index contributed by atoms with van der Waals surface area (Å²) in [5.74, 6) is -0.927. The summed E-state index contributed by atoms with van der Waals surface area (Å²) in [5, 5.41) is 18.7. The lowest BCUT2D eigenvalue weighted by Gasteiger charge is -2.55. The molecule has 49 heavy (non-hydrogen) atoms. The SMILES string of the molecule is C=CCN1CC(=O)N2[C@@H](Cc3ccc(O)cc3)C(=O)N(Cc3cccc4cnn(CCOC(C)=O)c34)C[C@@H]2N1C(=O)CCc1ccccc1. The van der Waals surface area contributed by atoms with Crippen molar-refractivity contribution >= 4 is 34.6 Å². The molecule has 254 valence electrons. The normalized spacial score (nSPS) is 18.1. The molecule has 0 unspecified atom stereocenters. The van der Waals surface area contributed by atoms with E-state index in [1.165, 1.54) is 6.92 Å². The molecular weight excluding hydrogens is 624 g/mol. The van der Waals surface area contributed by atoms with Crippen LogP contribution in [0.3, 0.4) is 0 Å². The van der Waals surface area contributed by atoms with Crippen molar-refractivity contribution in [3.63, 3.8) is 0 Å². The number of piperazine rings is 1. The second kappa shape index (κ2) is 14.7. The van der Waals surface area contributed by atoms with Gasteiger partial charge in [-0.15, -0.1) is 6.58 Å². The maximum absolute atomic E-state index is 14.5. The third kappa shape index (κ3) is 7.34. The van der Waals surface area contributed by atoms with Crippen LogP contribution in [-0.4, -0.2) is 96.8 Å². The Hall–Kier alpha value is -5.49. The van der Waals surface area contributed by atoms with Crippen LogP contribution < -0.4 is 0 Å². The molecule has 4 aromatic rings. The predicted molar refractivity (Wildman–Crippen MR) is 181 cm³/mol. The third-order valence-electron chi connectivity index (χ3n) is 8.98. The van der Waals surface area contributed by atoms with Crippen LogP contribution in [0.2, 0.25) is 0 Å². The summed E-state index contributed by atoms with van der Waals surface area (Å²) in [6, 6.07) is 21.2. The number of amides is 3. The van der Waals surface area contributed by atoms with Gasteiger partial charge in [0.1, 0.15) is 24.6 Å². The molecular formula is C37H40N6O6. The summed E-state index contributed by atoms with van der Waals surface area (Å²) in [4.78, 5) is 57.2. The van der Waals surface area contributed by atoms with Crippen molar-refractivity contribution in [2.24, 2.45) is 0 Å². The first-order valence-electron chi connectivity index (χ1n) is 16.4. The molecule has 2 fully saturated rings. The molecule has 0 bridgehead atoms. The first-order chi connectivity index (χ1) is 23.7. The molecule has 2 atom stereocenters. The summed E-state index contributed by atoms with van der Waals surface area (Å²) in [7, 11) is 0. The molecule has 2 aliphatic heterocycles. The van der Waals surface area contributed by atoms with E-state index in [0.29, 0.717) is 13.0 Å². The topological polar surface area (TPSA) is 129 Å². The number of phenolic OH excluding ortho intramolecular Hbond substituents is 1. The van der Waals surface area contributed by atoms with Crippen LogP contribution in [-0.2, 0) is 49.8 Å². The molecule has 0 aliphatic carbocycles. The molecule has 0 radical (unpaired) electrons. The zero-order chi connectivity index (χ0) is 34.5. The van der Waals surface area contributed by atoms with E-state index >= 15 is 0 Å². The highest BCUT2D eigenvalue weighted by Gasteiger charge is 2.51. The zero-order valence-electron chi connectivity index (χ0n) is 27.5. The number of hydrazine groups is 1. The van der Waals surface area contributed by atoms with E-state index in [1.54, 1.807) is 61.0 Å². The number of aromatic hydroxyl groups is 1. The summed E-state index contributed by atoms with van der Waals surface area (Å²) in [6.45, 7) is 6.22. The van der Waals surface area contributed by atoms with Crippen molar-refractivity contribution in [3.05, 3.63) is 108 Å². The molecule has 3 heterocycles. The highest BCUT2D eigenvalue weighted by Crippen LogP contribution is 2.31. The summed E-state index contributed by atoms with van der Waals surface area (Å²) < 4.78 is 6.93. The Balaban J connectivity index is 1.36. The first kappa shape index (κ1) is 33.4. The fourth-order valence-electron chi connectivity index (χ4n) is 6.77. The van der Waals surface area contributed by atoms with Gasteiger partial charge in [0.15, 0.2) is 0 Å². The number of esters is 1. The van der Waals surface area contributed by atoms with Crippen molar-refractivity contribution in [2.45, 2.75) is 51.5 Å². The number of carbonyl (C=O) groups excluding carboxylic acids is 4. The van der Waals surface area contributed by atoms with Gasteiger partial charge in [0.2, 0.25) is 17.7 Å². The van der Waals surface area contributed by atoms with Crippen molar-refractivity contribution in [3.8, 4) is 5.75 Å². The summed E-state index contributed by atoms with van der Waals surface area (Å²) >= 11 is 0. The van der Waals surface area contributed by atoms with Crippen LogP contribution in [0.25, 0.3) is 10.9 Å². The smallest absolute Gasteiger partial charge is 0.302 e. The Morgan fingerprint density at radius 3 is 2.53 bits per heavy atom. The van der Waals surface area contributed by atoms with Crippen molar-refractivity contribution in [1.82, 2.24) is 29.6 Å². The number of phenols is 1. The van der Waals surface area contributed by atoms with Gasteiger partial charge in [-0.2, -0.15) is 5.10 Å². The van der Waals surface area contributed by atoms with E-state index < -0.39 is 12.2 Å². The number of rotatable bonds is 12. The van der Waals surface area contributed by atoms with Gasteiger partial charge < -0.3 is 19.6 Å². The fourth-order valence-corrected chi connectivity index (χ4v) is 6.77. The monoisotopic (exact) mass is 664 g/mol. The lowest BCUT2D eigenvalue weighted by atomic mass is 9.97. The molecule has 12 heteroatoms. The number of hydrogen-bond acceptors (Lipinski definition) is 8. The predicted octanol–water partition coefficient (Wildman–Crippen LogP) is 3.29. The number of aryl methyl sites for hydroxylation is 1. The standard InChI is InChI=1S/C37H40N6O6/c1-3-18-40-25-35(47)42-32(21-28-12-15-31(45)16-13-28)37(48)39(24-33(42)43(40)34(46)17-14-27-8-5-4-6-9-27)23-30-11-7-10-29-22-38-41(36(29)30)19-20-49-26(2)44/h3-13,15-16,22,32-33,45H,1,14,17-21,23-25H2,2H3/t32-,33-/m0/s1. The second-order valence-corrected chi connectivity index (χ2v) is 12.3. The van der Waals surface area contributed by atoms with Gasteiger partial charge in [0.05, 0.1) is 31.3 Å². The lowest BCUT2D eigenvalue weighted by Crippen LogP contribution is -2.75. The quantitative estimate of drug-likeness (QED) is 0.181. The number of hydrogen-bond donors (Lipinski definition) is 1. The van der Waals surface area contributed by atoms with E-state index in [9.17, 15) is 24.3 Å². The number of carbonyl (C=O) groups is 4. The molecule has 2 aliphatic rings.